The Balaban J connectivity index is 1.13. The van der Waals surface area contributed by atoms with Crippen molar-refractivity contribution in [3.8, 4) is 34.5 Å². The Morgan fingerprint density at radius 3 is 2.36 bits per heavy atom. The van der Waals surface area contributed by atoms with Crippen molar-refractivity contribution < 1.29 is 14.3 Å². The van der Waals surface area contributed by atoms with Gasteiger partial charge in [0.15, 0.2) is 0 Å². The minimum atomic E-state index is -0.484. The van der Waals surface area contributed by atoms with Gasteiger partial charge >= 0.3 is 6.09 Å². The van der Waals surface area contributed by atoms with E-state index in [1.807, 2.05) is 87.0 Å². The second-order valence-electron chi connectivity index (χ2n) is 12.7. The van der Waals surface area contributed by atoms with Gasteiger partial charge in [0.2, 0.25) is 0 Å². The van der Waals surface area contributed by atoms with Gasteiger partial charge < -0.3 is 30.0 Å². The fourth-order valence-electron chi connectivity index (χ4n) is 6.07. The second-order valence-corrected chi connectivity index (χ2v) is 12.7. The number of hydrogen-bond donors (Lipinski definition) is 2. The zero-order chi connectivity index (χ0) is 30.8. The number of nitrogens with zero attached hydrogens (tertiary/aromatic N) is 4. The van der Waals surface area contributed by atoms with E-state index in [0.717, 1.165) is 78.1 Å². The summed E-state index contributed by atoms with van der Waals surface area (Å²) in [6, 6.07) is 18.4. The molecular weight excluding hydrogens is 552 g/mol. The van der Waals surface area contributed by atoms with E-state index < -0.39 is 5.60 Å². The summed E-state index contributed by atoms with van der Waals surface area (Å²) in [4.78, 5) is 23.5. The summed E-state index contributed by atoms with van der Waals surface area (Å²) in [5, 5.41) is 3.84. The van der Waals surface area contributed by atoms with Crippen molar-refractivity contribution in [1.82, 2.24) is 24.8 Å². The Hall–Kier alpha value is -4.55. The van der Waals surface area contributed by atoms with Gasteiger partial charge in [-0.25, -0.2) is 14.8 Å². The number of piperidine rings is 1. The first-order valence-corrected chi connectivity index (χ1v) is 15.3. The van der Waals surface area contributed by atoms with Crippen LogP contribution in [0.5, 0.6) is 11.5 Å². The predicted molar refractivity (Wildman–Crippen MR) is 172 cm³/mol. The minimum Gasteiger partial charge on any atom is -0.457 e. The zero-order valence-electron chi connectivity index (χ0n) is 25.8. The molecule has 6 rings (SSSR count). The summed E-state index contributed by atoms with van der Waals surface area (Å²) in [5.41, 5.74) is 9.47. The number of fused-ring (bicyclic) bond motifs is 1. The van der Waals surface area contributed by atoms with Crippen LogP contribution in [0.4, 0.5) is 10.6 Å². The highest BCUT2D eigenvalue weighted by molar-refractivity contribution is 6.03. The van der Waals surface area contributed by atoms with E-state index in [-0.39, 0.29) is 12.1 Å². The highest BCUT2D eigenvalue weighted by Crippen LogP contribution is 2.38. The van der Waals surface area contributed by atoms with E-state index in [0.29, 0.717) is 17.8 Å². The molecule has 2 aromatic carbocycles. The summed E-state index contributed by atoms with van der Waals surface area (Å²) >= 11 is 0. The van der Waals surface area contributed by atoms with Crippen LogP contribution < -0.4 is 15.8 Å². The fourth-order valence-corrected chi connectivity index (χ4v) is 6.07. The van der Waals surface area contributed by atoms with Crippen molar-refractivity contribution >= 4 is 22.9 Å². The van der Waals surface area contributed by atoms with Gasteiger partial charge in [-0.3, -0.25) is 0 Å². The molecule has 1 amide bonds. The molecule has 0 bridgehead atoms. The number of nitrogens with two attached hydrogens (primary N) is 1. The zero-order valence-corrected chi connectivity index (χ0v) is 25.8. The number of rotatable bonds is 5. The van der Waals surface area contributed by atoms with E-state index in [1.54, 1.807) is 0 Å². The van der Waals surface area contributed by atoms with Crippen molar-refractivity contribution in [3.63, 3.8) is 0 Å². The number of likely N-dealkylation sites (tertiary alicyclic amines) is 1. The number of amides is 1. The highest BCUT2D eigenvalue weighted by Gasteiger charge is 2.35. The van der Waals surface area contributed by atoms with Crippen LogP contribution >= 0.6 is 0 Å². The molecule has 1 saturated heterocycles. The number of carbonyl (C=O) groups is 1. The number of ether oxygens (including phenoxy) is 2. The molecule has 2 aliphatic rings. The van der Waals surface area contributed by atoms with Crippen LogP contribution in [0.2, 0.25) is 0 Å². The molecule has 9 heteroatoms. The fraction of sp³-hybridized carbons (Fsp3) is 0.400. The van der Waals surface area contributed by atoms with E-state index in [1.165, 1.54) is 6.33 Å². The van der Waals surface area contributed by atoms with Gasteiger partial charge in [-0.15, -0.1) is 0 Å². The molecule has 4 aromatic rings. The Labute approximate surface area is 258 Å². The van der Waals surface area contributed by atoms with Gasteiger partial charge in [-0.1, -0.05) is 36.3 Å². The molecule has 2 fully saturated rings. The molecule has 2 aromatic heterocycles. The number of alkyl carbamates (subject to hydrolysis) is 1. The van der Waals surface area contributed by atoms with Crippen molar-refractivity contribution in [2.24, 2.45) is 13.0 Å². The lowest BCUT2D eigenvalue weighted by molar-refractivity contribution is 0.0421. The van der Waals surface area contributed by atoms with Gasteiger partial charge in [-0.2, -0.15) is 0 Å². The average Bonchev–Trinajstić information content (AvgIpc) is 3.25. The molecule has 1 aliphatic heterocycles. The van der Waals surface area contributed by atoms with E-state index in [4.69, 9.17) is 15.2 Å². The summed E-state index contributed by atoms with van der Waals surface area (Å²) in [6.45, 7) is 7.60. The van der Waals surface area contributed by atoms with Crippen LogP contribution in [0, 0.1) is 17.8 Å². The maximum absolute atomic E-state index is 12.2. The first-order chi connectivity index (χ1) is 21.1. The number of aryl methyl sites for hydroxylation is 1. The van der Waals surface area contributed by atoms with E-state index in [9.17, 15) is 4.79 Å². The molecule has 1 saturated carbocycles. The molecule has 0 radical (unpaired) electrons. The number of hydrogen-bond acceptors (Lipinski definition) is 7. The third-order valence-electron chi connectivity index (χ3n) is 8.39. The number of nitrogens with one attached hydrogen (secondary N) is 1. The number of nitrogen functional groups attached to an aromatic ring is 1. The van der Waals surface area contributed by atoms with Crippen molar-refractivity contribution in [3.05, 3.63) is 66.6 Å². The first-order valence-electron chi connectivity index (χ1n) is 15.3. The second kappa shape index (κ2) is 12.2. The largest absolute Gasteiger partial charge is 0.457 e. The lowest BCUT2D eigenvalue weighted by Gasteiger charge is -2.44. The normalized spacial score (nSPS) is 19.1. The van der Waals surface area contributed by atoms with Crippen molar-refractivity contribution in [1.29, 1.82) is 0 Å². The Morgan fingerprint density at radius 1 is 1.00 bits per heavy atom. The van der Waals surface area contributed by atoms with Gasteiger partial charge in [-0.05, 0) is 82.2 Å². The number of aromatic nitrogens is 3. The van der Waals surface area contributed by atoms with Crippen LogP contribution in [0.15, 0.2) is 60.9 Å². The van der Waals surface area contributed by atoms with Gasteiger partial charge in [0.25, 0.3) is 0 Å². The Morgan fingerprint density at radius 2 is 1.68 bits per heavy atom. The van der Waals surface area contributed by atoms with Crippen LogP contribution in [-0.2, 0) is 11.8 Å². The Kier molecular flexibility index (Phi) is 8.19. The first kappa shape index (κ1) is 29.5. The number of para-hydroxylation sites is 1. The molecule has 44 heavy (non-hydrogen) atoms. The lowest BCUT2D eigenvalue weighted by atomic mass is 9.79. The van der Waals surface area contributed by atoms with E-state index >= 15 is 0 Å². The third kappa shape index (κ3) is 6.51. The molecule has 228 valence electrons. The molecule has 3 heterocycles. The third-order valence-corrected chi connectivity index (χ3v) is 8.39. The average molecular weight is 593 g/mol. The predicted octanol–water partition coefficient (Wildman–Crippen LogP) is 6.13. The quantitative estimate of drug-likeness (QED) is 0.269. The number of carbonyl (C=O) groups excluding carboxylic acids is 1. The van der Waals surface area contributed by atoms with Gasteiger partial charge in [0.1, 0.15) is 40.6 Å². The number of benzene rings is 2. The summed E-state index contributed by atoms with van der Waals surface area (Å²) in [6.07, 6.45) is 5.13. The molecule has 1 aliphatic carbocycles. The molecule has 3 N–H and O–H groups in total. The maximum Gasteiger partial charge on any atom is 0.407 e. The molecule has 0 spiro atoms. The molecule has 0 atom stereocenters. The lowest BCUT2D eigenvalue weighted by Crippen LogP contribution is -2.52. The molecule has 9 nitrogen and oxygen atoms in total. The van der Waals surface area contributed by atoms with E-state index in [2.05, 4.69) is 32.0 Å². The monoisotopic (exact) mass is 592 g/mol. The standard InChI is InChI=1S/C35H40N6O3/c1-35(2,3)44-34(42)39-25-16-18-41(19-17-25)26-20-23(21-26)10-15-29-30(31-32(36)37-22-38-33(31)40(29)4)24-11-13-28(14-12-24)43-27-8-6-5-7-9-27/h5-9,11-14,22-23,25-26H,16-21H2,1-4H3,(H,39,42)(H2,36,37,38). The summed E-state index contributed by atoms with van der Waals surface area (Å²) in [5.74, 6) is 9.36. The van der Waals surface area contributed by atoms with Crippen molar-refractivity contribution in [2.45, 2.75) is 64.1 Å². The van der Waals surface area contributed by atoms with Crippen LogP contribution in [0.25, 0.3) is 22.2 Å². The summed E-state index contributed by atoms with van der Waals surface area (Å²) < 4.78 is 13.4. The van der Waals surface area contributed by atoms with Crippen LogP contribution in [0.1, 0.15) is 52.1 Å². The molecular formula is C35H40N6O3. The Bertz CT molecular complexity index is 1680. The number of anilines is 1. The smallest absolute Gasteiger partial charge is 0.407 e. The van der Waals surface area contributed by atoms with Crippen LogP contribution in [-0.4, -0.2) is 56.3 Å². The van der Waals surface area contributed by atoms with Gasteiger partial charge in [0, 0.05) is 43.7 Å². The minimum absolute atomic E-state index is 0.163. The van der Waals surface area contributed by atoms with Crippen LogP contribution in [0.3, 0.4) is 0 Å². The van der Waals surface area contributed by atoms with Gasteiger partial charge in [0.05, 0.1) is 5.39 Å². The van der Waals surface area contributed by atoms with Crippen molar-refractivity contribution in [2.75, 3.05) is 18.8 Å². The maximum atomic E-state index is 12.2. The topological polar surface area (TPSA) is 108 Å². The summed E-state index contributed by atoms with van der Waals surface area (Å²) in [7, 11) is 1.98. The highest BCUT2D eigenvalue weighted by atomic mass is 16.6. The molecule has 0 unspecified atom stereocenters. The SMILES string of the molecule is Cn1c(C#CC2CC(N3CCC(NC(=O)OC(C)(C)C)CC3)C2)c(-c2ccc(Oc3ccccc3)cc2)c2c(N)ncnc21.